The molecular formula is C20H23N. The van der Waals surface area contributed by atoms with Gasteiger partial charge in [-0.25, -0.2) is 0 Å². The van der Waals surface area contributed by atoms with Crippen molar-refractivity contribution in [1.82, 2.24) is 4.57 Å². The zero-order valence-corrected chi connectivity index (χ0v) is 12.9. The van der Waals surface area contributed by atoms with Crippen molar-refractivity contribution < 1.29 is 0 Å². The quantitative estimate of drug-likeness (QED) is 0.561. The Balaban J connectivity index is 2.04. The van der Waals surface area contributed by atoms with E-state index in [0.29, 0.717) is 6.04 Å². The minimum Gasteiger partial charge on any atom is -0.340 e. The number of unbranched alkanes of at least 4 members (excludes halogenated alkanes) is 1. The maximum absolute atomic E-state index is 2.44. The number of hydrogen-bond donors (Lipinski definition) is 0. The molecule has 0 spiro atoms. The first kappa shape index (κ1) is 13.9. The van der Waals surface area contributed by atoms with Crippen molar-refractivity contribution in [3.8, 4) is 0 Å². The number of hydrogen-bond acceptors (Lipinski definition) is 0. The third-order valence-electron chi connectivity index (χ3n) is 4.26. The molecule has 0 amide bonds. The van der Waals surface area contributed by atoms with E-state index < -0.39 is 0 Å². The lowest BCUT2D eigenvalue weighted by Crippen LogP contribution is -2.09. The standard InChI is InChI=1S/C20H23N/c1-3-4-8-19(18-12-10-16(2)11-13-18)21-15-14-17-7-5-6-9-20(17)21/h5-7,9-15,19H,3-4,8H2,1-2H3. The molecule has 0 saturated carbocycles. The van der Waals surface area contributed by atoms with Crippen LogP contribution in [0.2, 0.25) is 0 Å². The van der Waals surface area contributed by atoms with Crippen LogP contribution in [0, 0.1) is 6.92 Å². The highest BCUT2D eigenvalue weighted by atomic mass is 15.0. The van der Waals surface area contributed by atoms with Crippen LogP contribution in [-0.4, -0.2) is 4.57 Å². The van der Waals surface area contributed by atoms with E-state index in [4.69, 9.17) is 0 Å². The summed E-state index contributed by atoms with van der Waals surface area (Å²) in [6, 6.07) is 20.3. The lowest BCUT2D eigenvalue weighted by Gasteiger charge is -2.21. The zero-order chi connectivity index (χ0) is 14.7. The van der Waals surface area contributed by atoms with Gasteiger partial charge in [-0.15, -0.1) is 0 Å². The van der Waals surface area contributed by atoms with Crippen LogP contribution in [-0.2, 0) is 0 Å². The molecular weight excluding hydrogens is 254 g/mol. The Hall–Kier alpha value is -2.02. The van der Waals surface area contributed by atoms with E-state index in [0.717, 1.165) is 0 Å². The summed E-state index contributed by atoms with van der Waals surface area (Å²) >= 11 is 0. The lowest BCUT2D eigenvalue weighted by atomic mass is 9.99. The average molecular weight is 277 g/mol. The number of benzene rings is 2. The fourth-order valence-corrected chi connectivity index (χ4v) is 3.03. The summed E-state index contributed by atoms with van der Waals surface area (Å²) < 4.78 is 2.44. The van der Waals surface area contributed by atoms with E-state index in [1.54, 1.807) is 0 Å². The highest BCUT2D eigenvalue weighted by molar-refractivity contribution is 5.80. The molecule has 1 nitrogen and oxygen atoms in total. The Morgan fingerprint density at radius 1 is 0.952 bits per heavy atom. The summed E-state index contributed by atoms with van der Waals surface area (Å²) in [6.07, 6.45) is 5.93. The summed E-state index contributed by atoms with van der Waals surface area (Å²) in [5.74, 6) is 0. The van der Waals surface area contributed by atoms with Gasteiger partial charge in [-0.05, 0) is 36.4 Å². The van der Waals surface area contributed by atoms with Crippen LogP contribution < -0.4 is 0 Å². The maximum atomic E-state index is 2.44. The van der Waals surface area contributed by atoms with E-state index in [1.165, 1.54) is 41.3 Å². The highest BCUT2D eigenvalue weighted by Crippen LogP contribution is 2.29. The molecule has 1 heterocycles. The third kappa shape index (κ3) is 2.87. The minimum absolute atomic E-state index is 0.436. The number of fused-ring (bicyclic) bond motifs is 1. The van der Waals surface area contributed by atoms with Gasteiger partial charge in [-0.1, -0.05) is 67.8 Å². The van der Waals surface area contributed by atoms with E-state index >= 15 is 0 Å². The van der Waals surface area contributed by atoms with Crippen molar-refractivity contribution in [2.75, 3.05) is 0 Å². The van der Waals surface area contributed by atoms with E-state index in [2.05, 4.69) is 79.2 Å². The Kier molecular flexibility index (Phi) is 4.10. The second-order valence-electron chi connectivity index (χ2n) is 5.85. The molecule has 3 aromatic rings. The predicted octanol–water partition coefficient (Wildman–Crippen LogP) is 5.73. The van der Waals surface area contributed by atoms with Crippen LogP contribution in [0.25, 0.3) is 10.9 Å². The van der Waals surface area contributed by atoms with Crippen LogP contribution >= 0.6 is 0 Å². The molecule has 3 rings (SSSR count). The first-order valence-corrected chi connectivity index (χ1v) is 7.91. The molecule has 21 heavy (non-hydrogen) atoms. The Labute approximate surface area is 127 Å². The second kappa shape index (κ2) is 6.17. The molecule has 2 aromatic carbocycles. The molecule has 0 fully saturated rings. The van der Waals surface area contributed by atoms with E-state index in [-0.39, 0.29) is 0 Å². The maximum Gasteiger partial charge on any atom is 0.0585 e. The van der Waals surface area contributed by atoms with Crippen molar-refractivity contribution in [3.63, 3.8) is 0 Å². The zero-order valence-electron chi connectivity index (χ0n) is 12.9. The lowest BCUT2D eigenvalue weighted by molar-refractivity contribution is 0.529. The summed E-state index contributed by atoms with van der Waals surface area (Å²) in [5, 5.41) is 1.33. The van der Waals surface area contributed by atoms with Crippen molar-refractivity contribution in [1.29, 1.82) is 0 Å². The molecule has 0 aliphatic rings. The number of aryl methyl sites for hydroxylation is 1. The molecule has 1 aromatic heterocycles. The summed E-state index contributed by atoms with van der Waals surface area (Å²) in [5.41, 5.74) is 4.07. The van der Waals surface area contributed by atoms with Gasteiger partial charge in [0.15, 0.2) is 0 Å². The Morgan fingerprint density at radius 2 is 1.71 bits per heavy atom. The molecule has 0 aliphatic carbocycles. The summed E-state index contributed by atoms with van der Waals surface area (Å²) in [6.45, 7) is 4.41. The van der Waals surface area contributed by atoms with Gasteiger partial charge >= 0.3 is 0 Å². The molecule has 0 aliphatic heterocycles. The van der Waals surface area contributed by atoms with Crippen molar-refractivity contribution in [3.05, 3.63) is 71.9 Å². The van der Waals surface area contributed by atoms with Gasteiger partial charge in [0.1, 0.15) is 0 Å². The predicted molar refractivity (Wildman–Crippen MR) is 90.8 cm³/mol. The topological polar surface area (TPSA) is 4.93 Å². The van der Waals surface area contributed by atoms with Gasteiger partial charge in [-0.2, -0.15) is 0 Å². The van der Waals surface area contributed by atoms with Crippen LogP contribution in [0.4, 0.5) is 0 Å². The number of para-hydroxylation sites is 1. The first-order chi connectivity index (χ1) is 10.3. The van der Waals surface area contributed by atoms with Crippen LogP contribution in [0.1, 0.15) is 43.4 Å². The van der Waals surface area contributed by atoms with Crippen molar-refractivity contribution in [2.45, 2.75) is 39.2 Å². The van der Waals surface area contributed by atoms with Crippen LogP contribution in [0.3, 0.4) is 0 Å². The number of nitrogens with zero attached hydrogens (tertiary/aromatic N) is 1. The molecule has 0 bridgehead atoms. The second-order valence-corrected chi connectivity index (χ2v) is 5.85. The molecule has 108 valence electrons. The van der Waals surface area contributed by atoms with Gasteiger partial charge in [0, 0.05) is 11.7 Å². The molecule has 1 heteroatoms. The molecule has 1 atom stereocenters. The van der Waals surface area contributed by atoms with Crippen molar-refractivity contribution in [2.24, 2.45) is 0 Å². The van der Waals surface area contributed by atoms with Crippen LogP contribution in [0.5, 0.6) is 0 Å². The van der Waals surface area contributed by atoms with Gasteiger partial charge in [0.25, 0.3) is 0 Å². The Bertz CT molecular complexity index is 706. The number of rotatable bonds is 5. The van der Waals surface area contributed by atoms with Gasteiger partial charge in [0.05, 0.1) is 6.04 Å². The van der Waals surface area contributed by atoms with E-state index in [1.807, 2.05) is 0 Å². The molecule has 0 radical (unpaired) electrons. The molecule has 0 N–H and O–H groups in total. The fourth-order valence-electron chi connectivity index (χ4n) is 3.03. The fraction of sp³-hybridized carbons (Fsp3) is 0.300. The average Bonchev–Trinajstić information content (AvgIpc) is 2.93. The van der Waals surface area contributed by atoms with Gasteiger partial charge in [-0.3, -0.25) is 0 Å². The Morgan fingerprint density at radius 3 is 2.48 bits per heavy atom. The van der Waals surface area contributed by atoms with Gasteiger partial charge < -0.3 is 4.57 Å². The SMILES string of the molecule is CCCCC(c1ccc(C)cc1)n1ccc2ccccc21. The monoisotopic (exact) mass is 277 g/mol. The summed E-state index contributed by atoms with van der Waals surface area (Å²) in [7, 11) is 0. The minimum atomic E-state index is 0.436. The number of aromatic nitrogens is 1. The largest absolute Gasteiger partial charge is 0.340 e. The highest BCUT2D eigenvalue weighted by Gasteiger charge is 2.14. The normalized spacial score (nSPS) is 12.7. The third-order valence-corrected chi connectivity index (χ3v) is 4.26. The summed E-state index contributed by atoms with van der Waals surface area (Å²) in [4.78, 5) is 0. The molecule has 1 unspecified atom stereocenters. The van der Waals surface area contributed by atoms with Gasteiger partial charge in [0.2, 0.25) is 0 Å². The smallest absolute Gasteiger partial charge is 0.0585 e. The molecule has 0 saturated heterocycles. The first-order valence-electron chi connectivity index (χ1n) is 7.91. The van der Waals surface area contributed by atoms with E-state index in [9.17, 15) is 0 Å². The van der Waals surface area contributed by atoms with Crippen molar-refractivity contribution >= 4 is 10.9 Å². The van der Waals surface area contributed by atoms with Crippen LogP contribution in [0.15, 0.2) is 60.8 Å².